The van der Waals surface area contributed by atoms with E-state index in [9.17, 15) is 9.59 Å². The van der Waals surface area contributed by atoms with Crippen LogP contribution in [0.2, 0.25) is 5.02 Å². The van der Waals surface area contributed by atoms with Gasteiger partial charge in [-0.3, -0.25) is 9.59 Å². The standard InChI is InChI=1S/C19H20ClNO4/c1-13-12-15(20)9-10-16(13)24-11-5-8-17(22)25-18(19(21)23)14-6-3-2-4-7-14/h2-4,6-7,9-10,12,18H,5,8,11H2,1H3,(H2,21,23)/t18-/m0/s1. The summed E-state index contributed by atoms with van der Waals surface area (Å²) in [4.78, 5) is 23.5. The molecule has 132 valence electrons. The lowest BCUT2D eigenvalue weighted by molar-refractivity contribution is -0.155. The summed E-state index contributed by atoms with van der Waals surface area (Å²) in [5, 5.41) is 0.645. The first kappa shape index (κ1) is 18.8. The molecule has 0 spiro atoms. The van der Waals surface area contributed by atoms with Gasteiger partial charge in [-0.25, -0.2) is 0 Å². The van der Waals surface area contributed by atoms with Gasteiger partial charge < -0.3 is 15.2 Å². The molecule has 0 aliphatic carbocycles. The summed E-state index contributed by atoms with van der Waals surface area (Å²) in [6.07, 6.45) is -0.488. The Morgan fingerprint density at radius 3 is 2.52 bits per heavy atom. The molecular formula is C19H20ClNO4. The van der Waals surface area contributed by atoms with Crippen molar-refractivity contribution in [3.05, 3.63) is 64.7 Å². The van der Waals surface area contributed by atoms with E-state index in [0.717, 1.165) is 11.3 Å². The van der Waals surface area contributed by atoms with Crippen molar-refractivity contribution in [3.63, 3.8) is 0 Å². The molecule has 0 radical (unpaired) electrons. The summed E-state index contributed by atoms with van der Waals surface area (Å²) in [5.74, 6) is -0.478. The van der Waals surface area contributed by atoms with Crippen molar-refractivity contribution in [2.45, 2.75) is 25.9 Å². The van der Waals surface area contributed by atoms with Gasteiger partial charge in [-0.1, -0.05) is 41.9 Å². The smallest absolute Gasteiger partial charge is 0.307 e. The Bertz CT molecular complexity index is 733. The number of rotatable bonds is 8. The molecule has 0 heterocycles. The molecule has 5 nitrogen and oxygen atoms in total. The van der Waals surface area contributed by atoms with Crippen LogP contribution in [0.3, 0.4) is 0 Å². The van der Waals surface area contributed by atoms with E-state index in [1.54, 1.807) is 42.5 Å². The Morgan fingerprint density at radius 2 is 1.88 bits per heavy atom. The Morgan fingerprint density at radius 1 is 1.16 bits per heavy atom. The van der Waals surface area contributed by atoms with Gasteiger partial charge in [-0.15, -0.1) is 0 Å². The second kappa shape index (κ2) is 9.08. The molecule has 1 atom stereocenters. The van der Waals surface area contributed by atoms with Crippen molar-refractivity contribution < 1.29 is 19.1 Å². The first-order valence-corrected chi connectivity index (χ1v) is 8.28. The SMILES string of the molecule is Cc1cc(Cl)ccc1OCCCC(=O)O[C@H](C(N)=O)c1ccccc1. The minimum Gasteiger partial charge on any atom is -0.493 e. The molecule has 0 unspecified atom stereocenters. The molecule has 0 saturated carbocycles. The maximum absolute atomic E-state index is 12.0. The average Bonchev–Trinajstić information content (AvgIpc) is 2.58. The molecular weight excluding hydrogens is 342 g/mol. The molecule has 0 bridgehead atoms. The van der Waals surface area contributed by atoms with Crippen molar-refractivity contribution in [1.29, 1.82) is 0 Å². The fourth-order valence-corrected chi connectivity index (χ4v) is 2.51. The van der Waals surface area contributed by atoms with Crippen molar-refractivity contribution in [3.8, 4) is 5.75 Å². The second-order valence-electron chi connectivity index (χ2n) is 5.54. The van der Waals surface area contributed by atoms with Crippen molar-refractivity contribution in [2.75, 3.05) is 6.61 Å². The summed E-state index contributed by atoms with van der Waals surface area (Å²) in [7, 11) is 0. The Hall–Kier alpha value is -2.53. The second-order valence-corrected chi connectivity index (χ2v) is 5.98. The van der Waals surface area contributed by atoms with Gasteiger partial charge >= 0.3 is 5.97 Å². The van der Waals surface area contributed by atoms with Crippen LogP contribution in [-0.2, 0) is 14.3 Å². The van der Waals surface area contributed by atoms with Crippen LogP contribution >= 0.6 is 11.6 Å². The molecule has 0 aromatic heterocycles. The fraction of sp³-hybridized carbons (Fsp3) is 0.263. The fourth-order valence-electron chi connectivity index (χ4n) is 2.28. The summed E-state index contributed by atoms with van der Waals surface area (Å²) in [6, 6.07) is 14.0. The Labute approximate surface area is 151 Å². The summed E-state index contributed by atoms with van der Waals surface area (Å²) >= 11 is 5.89. The number of carbonyl (C=O) groups is 2. The zero-order chi connectivity index (χ0) is 18.2. The van der Waals surface area contributed by atoms with E-state index < -0.39 is 18.0 Å². The minimum absolute atomic E-state index is 0.128. The van der Waals surface area contributed by atoms with Crippen LogP contribution in [0.25, 0.3) is 0 Å². The number of primary amides is 1. The van der Waals surface area contributed by atoms with Crippen LogP contribution in [0, 0.1) is 6.92 Å². The lowest BCUT2D eigenvalue weighted by Gasteiger charge is -2.15. The third-order valence-electron chi connectivity index (χ3n) is 3.53. The molecule has 2 aromatic rings. The van der Waals surface area contributed by atoms with Gasteiger partial charge in [0.15, 0.2) is 0 Å². The van der Waals surface area contributed by atoms with Gasteiger partial charge in [0.05, 0.1) is 6.61 Å². The number of benzene rings is 2. The number of nitrogens with two attached hydrogens (primary N) is 1. The maximum atomic E-state index is 12.0. The van der Waals surface area contributed by atoms with Gasteiger partial charge in [-0.2, -0.15) is 0 Å². The van der Waals surface area contributed by atoms with Crippen LogP contribution in [-0.4, -0.2) is 18.5 Å². The number of esters is 1. The third kappa shape index (κ3) is 5.80. The lowest BCUT2D eigenvalue weighted by Crippen LogP contribution is -2.26. The highest BCUT2D eigenvalue weighted by Crippen LogP contribution is 2.22. The van der Waals surface area contributed by atoms with E-state index in [-0.39, 0.29) is 6.42 Å². The molecule has 0 saturated heterocycles. The molecule has 0 fully saturated rings. The minimum atomic E-state index is -1.08. The molecule has 2 aromatic carbocycles. The first-order valence-electron chi connectivity index (χ1n) is 7.90. The van der Waals surface area contributed by atoms with Gasteiger partial charge in [0.25, 0.3) is 5.91 Å². The quantitative estimate of drug-likeness (QED) is 0.575. The number of hydrogen-bond donors (Lipinski definition) is 1. The largest absolute Gasteiger partial charge is 0.493 e. The topological polar surface area (TPSA) is 78.6 Å². The summed E-state index contributed by atoms with van der Waals surface area (Å²) in [6.45, 7) is 2.25. The van der Waals surface area contributed by atoms with E-state index in [4.69, 9.17) is 26.8 Å². The molecule has 6 heteroatoms. The lowest BCUT2D eigenvalue weighted by atomic mass is 10.1. The summed E-state index contributed by atoms with van der Waals surface area (Å²) < 4.78 is 10.8. The van der Waals surface area contributed by atoms with Crippen LogP contribution in [0.5, 0.6) is 5.75 Å². The number of carbonyl (C=O) groups excluding carboxylic acids is 2. The zero-order valence-corrected chi connectivity index (χ0v) is 14.7. The van der Waals surface area contributed by atoms with Crippen molar-refractivity contribution in [2.24, 2.45) is 5.73 Å². The van der Waals surface area contributed by atoms with Gasteiger partial charge in [0, 0.05) is 17.0 Å². The number of aryl methyl sites for hydroxylation is 1. The monoisotopic (exact) mass is 361 g/mol. The van der Waals surface area contributed by atoms with Crippen molar-refractivity contribution in [1.82, 2.24) is 0 Å². The average molecular weight is 362 g/mol. The van der Waals surface area contributed by atoms with Gasteiger partial charge in [-0.05, 0) is 37.1 Å². The highest BCUT2D eigenvalue weighted by molar-refractivity contribution is 6.30. The van der Waals surface area contributed by atoms with E-state index in [0.29, 0.717) is 23.6 Å². The van der Waals surface area contributed by atoms with E-state index >= 15 is 0 Å². The maximum Gasteiger partial charge on any atom is 0.307 e. The number of hydrogen-bond acceptors (Lipinski definition) is 4. The molecule has 0 aliphatic rings. The number of amides is 1. The van der Waals surface area contributed by atoms with E-state index in [1.807, 2.05) is 13.0 Å². The molecule has 25 heavy (non-hydrogen) atoms. The van der Waals surface area contributed by atoms with Crippen molar-refractivity contribution >= 4 is 23.5 Å². The normalized spacial score (nSPS) is 11.6. The predicted octanol–water partition coefficient (Wildman–Crippen LogP) is 3.58. The molecule has 2 N–H and O–H groups in total. The Kier molecular flexibility index (Phi) is 6.83. The van der Waals surface area contributed by atoms with Crippen LogP contribution in [0.4, 0.5) is 0 Å². The number of ether oxygens (including phenoxy) is 2. The van der Waals surface area contributed by atoms with E-state index in [2.05, 4.69) is 0 Å². The van der Waals surface area contributed by atoms with Gasteiger partial charge in [0.2, 0.25) is 6.10 Å². The summed E-state index contributed by atoms with van der Waals surface area (Å²) in [5.41, 5.74) is 6.80. The Balaban J connectivity index is 1.80. The third-order valence-corrected chi connectivity index (χ3v) is 3.76. The zero-order valence-electron chi connectivity index (χ0n) is 13.9. The highest BCUT2D eigenvalue weighted by atomic mass is 35.5. The molecule has 2 rings (SSSR count). The first-order chi connectivity index (χ1) is 12.0. The number of halogens is 1. The van der Waals surface area contributed by atoms with Gasteiger partial charge in [0.1, 0.15) is 5.75 Å². The van der Waals surface area contributed by atoms with Crippen LogP contribution in [0.15, 0.2) is 48.5 Å². The van der Waals surface area contributed by atoms with Crippen LogP contribution in [0.1, 0.15) is 30.1 Å². The molecule has 1 amide bonds. The van der Waals surface area contributed by atoms with Crippen LogP contribution < -0.4 is 10.5 Å². The molecule has 0 aliphatic heterocycles. The van der Waals surface area contributed by atoms with E-state index in [1.165, 1.54) is 0 Å². The predicted molar refractivity (Wildman–Crippen MR) is 95.4 cm³/mol. The highest BCUT2D eigenvalue weighted by Gasteiger charge is 2.22.